The highest BCUT2D eigenvalue weighted by Crippen LogP contribution is 2.18. The maximum atomic E-state index is 11.8. The summed E-state index contributed by atoms with van der Waals surface area (Å²) in [4.78, 5) is 11.8. The highest BCUT2D eigenvalue weighted by molar-refractivity contribution is 5.72. The molecule has 0 unspecified atom stereocenters. The smallest absolute Gasteiger partial charge is 0.311 e. The van der Waals surface area contributed by atoms with Crippen molar-refractivity contribution in [2.45, 2.75) is 19.8 Å². The zero-order valence-electron chi connectivity index (χ0n) is 12.9. The molecule has 116 valence electrons. The monoisotopic (exact) mass is 300 g/mol. The number of methoxy groups -OCH3 is 1. The number of aryl methyl sites for hydroxylation is 1. The Morgan fingerprint density at radius 2 is 1.68 bits per heavy atom. The Morgan fingerprint density at radius 3 is 2.36 bits per heavy atom. The zero-order valence-corrected chi connectivity index (χ0v) is 12.9. The lowest BCUT2D eigenvalue weighted by Gasteiger charge is -2.08. The van der Waals surface area contributed by atoms with Gasteiger partial charge in [0.05, 0.1) is 13.7 Å². The van der Waals surface area contributed by atoms with Gasteiger partial charge in [-0.05, 0) is 49.2 Å². The third kappa shape index (κ3) is 4.81. The number of carbonyl (C=O) groups is 1. The second-order valence-corrected chi connectivity index (χ2v) is 4.87. The van der Waals surface area contributed by atoms with E-state index in [1.807, 2.05) is 49.4 Å². The van der Waals surface area contributed by atoms with Gasteiger partial charge in [0.15, 0.2) is 0 Å². The second-order valence-electron chi connectivity index (χ2n) is 4.87. The number of esters is 1. The third-order valence-corrected chi connectivity index (χ3v) is 3.17. The standard InChI is InChI=1S/C18H20O4/c1-14-6-3-4-7-17(14)22-18(19)8-5-13-21-16-11-9-15(20-2)10-12-16/h3-4,6-7,9-12H,5,8,13H2,1-2H3. The molecule has 4 nitrogen and oxygen atoms in total. The van der Waals surface area contributed by atoms with Crippen LogP contribution in [0.15, 0.2) is 48.5 Å². The van der Waals surface area contributed by atoms with Crippen molar-refractivity contribution in [2.75, 3.05) is 13.7 Å². The molecular formula is C18H20O4. The van der Waals surface area contributed by atoms with E-state index in [9.17, 15) is 4.79 Å². The fourth-order valence-electron chi connectivity index (χ4n) is 1.92. The molecule has 4 heteroatoms. The van der Waals surface area contributed by atoms with Crippen molar-refractivity contribution in [3.8, 4) is 17.2 Å². The molecular weight excluding hydrogens is 280 g/mol. The third-order valence-electron chi connectivity index (χ3n) is 3.17. The molecule has 2 aromatic carbocycles. The minimum Gasteiger partial charge on any atom is -0.497 e. The highest BCUT2D eigenvalue weighted by Gasteiger charge is 2.06. The van der Waals surface area contributed by atoms with E-state index in [0.717, 1.165) is 17.1 Å². The van der Waals surface area contributed by atoms with Gasteiger partial charge < -0.3 is 14.2 Å². The summed E-state index contributed by atoms with van der Waals surface area (Å²) in [7, 11) is 1.62. The number of carbonyl (C=O) groups excluding carboxylic acids is 1. The minimum atomic E-state index is -0.243. The fraction of sp³-hybridized carbons (Fsp3) is 0.278. The first-order valence-corrected chi connectivity index (χ1v) is 7.22. The molecule has 0 heterocycles. The summed E-state index contributed by atoms with van der Waals surface area (Å²) >= 11 is 0. The number of hydrogen-bond acceptors (Lipinski definition) is 4. The Labute approximate surface area is 130 Å². The number of hydrogen-bond donors (Lipinski definition) is 0. The van der Waals surface area contributed by atoms with Crippen LogP contribution in [-0.2, 0) is 4.79 Å². The fourth-order valence-corrected chi connectivity index (χ4v) is 1.92. The number of benzene rings is 2. The van der Waals surface area contributed by atoms with Crippen molar-refractivity contribution in [1.29, 1.82) is 0 Å². The van der Waals surface area contributed by atoms with E-state index in [2.05, 4.69) is 0 Å². The maximum Gasteiger partial charge on any atom is 0.311 e. The summed E-state index contributed by atoms with van der Waals surface area (Å²) in [5, 5.41) is 0. The predicted octanol–water partition coefficient (Wildman–Crippen LogP) is 3.77. The minimum absolute atomic E-state index is 0.243. The first-order valence-electron chi connectivity index (χ1n) is 7.22. The van der Waals surface area contributed by atoms with Crippen LogP contribution in [0.4, 0.5) is 0 Å². The van der Waals surface area contributed by atoms with E-state index in [1.54, 1.807) is 13.2 Å². The van der Waals surface area contributed by atoms with Gasteiger partial charge in [0, 0.05) is 6.42 Å². The molecule has 2 rings (SSSR count). The Kier molecular flexibility index (Phi) is 5.83. The van der Waals surface area contributed by atoms with Crippen LogP contribution in [-0.4, -0.2) is 19.7 Å². The molecule has 0 saturated heterocycles. The largest absolute Gasteiger partial charge is 0.497 e. The summed E-state index contributed by atoms with van der Waals surface area (Å²) in [5.74, 6) is 1.92. The Hall–Kier alpha value is -2.49. The van der Waals surface area contributed by atoms with Crippen LogP contribution in [0.1, 0.15) is 18.4 Å². The van der Waals surface area contributed by atoms with Gasteiger partial charge in [-0.1, -0.05) is 18.2 Å². The van der Waals surface area contributed by atoms with E-state index < -0.39 is 0 Å². The zero-order chi connectivity index (χ0) is 15.8. The van der Waals surface area contributed by atoms with Gasteiger partial charge in [-0.2, -0.15) is 0 Å². The predicted molar refractivity (Wildman–Crippen MR) is 84.5 cm³/mol. The average Bonchev–Trinajstić information content (AvgIpc) is 2.54. The molecule has 0 aliphatic heterocycles. The molecule has 0 radical (unpaired) electrons. The van der Waals surface area contributed by atoms with Crippen LogP contribution < -0.4 is 14.2 Å². The Bertz CT molecular complexity index is 605. The molecule has 0 saturated carbocycles. The van der Waals surface area contributed by atoms with Gasteiger partial charge >= 0.3 is 5.97 Å². The molecule has 0 atom stereocenters. The second kappa shape index (κ2) is 8.08. The van der Waals surface area contributed by atoms with E-state index in [0.29, 0.717) is 25.2 Å². The lowest BCUT2D eigenvalue weighted by molar-refractivity contribution is -0.134. The van der Waals surface area contributed by atoms with Crippen molar-refractivity contribution in [3.05, 3.63) is 54.1 Å². The van der Waals surface area contributed by atoms with E-state index in [4.69, 9.17) is 14.2 Å². The first-order chi connectivity index (χ1) is 10.7. The summed E-state index contributed by atoms with van der Waals surface area (Å²) < 4.78 is 16.0. The topological polar surface area (TPSA) is 44.8 Å². The summed E-state index contributed by atoms with van der Waals surface area (Å²) in [5.41, 5.74) is 0.949. The summed E-state index contributed by atoms with van der Waals surface area (Å²) in [6, 6.07) is 14.8. The van der Waals surface area contributed by atoms with Crippen molar-refractivity contribution < 1.29 is 19.0 Å². The summed E-state index contributed by atoms with van der Waals surface area (Å²) in [6.45, 7) is 2.38. The summed E-state index contributed by atoms with van der Waals surface area (Å²) in [6.07, 6.45) is 0.932. The molecule has 0 amide bonds. The average molecular weight is 300 g/mol. The highest BCUT2D eigenvalue weighted by atomic mass is 16.5. The van der Waals surface area contributed by atoms with Crippen LogP contribution in [0.3, 0.4) is 0 Å². The van der Waals surface area contributed by atoms with Crippen LogP contribution >= 0.6 is 0 Å². The van der Waals surface area contributed by atoms with Crippen molar-refractivity contribution >= 4 is 5.97 Å². The van der Waals surface area contributed by atoms with Crippen LogP contribution in [0.2, 0.25) is 0 Å². The molecule has 0 spiro atoms. The van der Waals surface area contributed by atoms with Crippen LogP contribution in [0.25, 0.3) is 0 Å². The molecule has 2 aromatic rings. The van der Waals surface area contributed by atoms with Crippen molar-refractivity contribution in [3.63, 3.8) is 0 Å². The SMILES string of the molecule is COc1ccc(OCCCC(=O)Oc2ccccc2C)cc1. The van der Waals surface area contributed by atoms with Crippen molar-refractivity contribution in [1.82, 2.24) is 0 Å². The Balaban J connectivity index is 1.69. The van der Waals surface area contributed by atoms with Crippen LogP contribution in [0.5, 0.6) is 17.2 Å². The molecule has 0 N–H and O–H groups in total. The molecule has 0 fully saturated rings. The van der Waals surface area contributed by atoms with Crippen LogP contribution in [0, 0.1) is 6.92 Å². The van der Waals surface area contributed by atoms with Gasteiger partial charge in [0.1, 0.15) is 17.2 Å². The lowest BCUT2D eigenvalue weighted by atomic mass is 10.2. The molecule has 0 aliphatic carbocycles. The van der Waals surface area contributed by atoms with E-state index >= 15 is 0 Å². The number of para-hydroxylation sites is 1. The molecule has 22 heavy (non-hydrogen) atoms. The molecule has 0 aromatic heterocycles. The lowest BCUT2D eigenvalue weighted by Crippen LogP contribution is -2.10. The van der Waals surface area contributed by atoms with Gasteiger partial charge in [-0.15, -0.1) is 0 Å². The van der Waals surface area contributed by atoms with Gasteiger partial charge in [0.2, 0.25) is 0 Å². The Morgan fingerprint density at radius 1 is 1.00 bits per heavy atom. The first kappa shape index (κ1) is 15.9. The van der Waals surface area contributed by atoms with E-state index in [1.165, 1.54) is 0 Å². The number of rotatable bonds is 7. The molecule has 0 aliphatic rings. The maximum absolute atomic E-state index is 11.8. The van der Waals surface area contributed by atoms with Gasteiger partial charge in [-0.25, -0.2) is 0 Å². The van der Waals surface area contributed by atoms with Crippen molar-refractivity contribution in [2.24, 2.45) is 0 Å². The van der Waals surface area contributed by atoms with Gasteiger partial charge in [0.25, 0.3) is 0 Å². The van der Waals surface area contributed by atoms with Gasteiger partial charge in [-0.3, -0.25) is 4.79 Å². The quantitative estimate of drug-likeness (QED) is 0.443. The normalized spacial score (nSPS) is 10.1. The number of ether oxygens (including phenoxy) is 3. The molecule has 0 bridgehead atoms. The van der Waals surface area contributed by atoms with E-state index in [-0.39, 0.29) is 5.97 Å².